The molecule has 0 unspecified atom stereocenters. The molecular formula is C11H15N3O2. The number of nitrogens with one attached hydrogen (secondary N) is 1. The van der Waals surface area contributed by atoms with Gasteiger partial charge in [0.2, 0.25) is 0 Å². The molecule has 2 rings (SSSR count). The summed E-state index contributed by atoms with van der Waals surface area (Å²) >= 11 is 0. The molecule has 0 aromatic carbocycles. The van der Waals surface area contributed by atoms with Gasteiger partial charge in [-0.05, 0) is 12.1 Å². The maximum Gasteiger partial charge on any atom is 0.253 e. The van der Waals surface area contributed by atoms with Crippen LogP contribution in [0.3, 0.4) is 0 Å². The minimum absolute atomic E-state index is 0.0837. The van der Waals surface area contributed by atoms with Gasteiger partial charge in [-0.1, -0.05) is 0 Å². The average Bonchev–Trinajstić information content (AvgIpc) is 2.38. The Morgan fingerprint density at radius 3 is 3.00 bits per heavy atom. The highest BCUT2D eigenvalue weighted by Crippen LogP contribution is 1.97. The van der Waals surface area contributed by atoms with Crippen LogP contribution < -0.4 is 5.32 Å². The van der Waals surface area contributed by atoms with Crippen LogP contribution in [0.4, 0.5) is 0 Å². The van der Waals surface area contributed by atoms with Crippen LogP contribution in [-0.2, 0) is 4.74 Å². The highest BCUT2D eigenvalue weighted by molar-refractivity contribution is 5.93. The summed E-state index contributed by atoms with van der Waals surface area (Å²) in [6, 6.07) is 3.51. The third kappa shape index (κ3) is 3.01. The highest BCUT2D eigenvalue weighted by atomic mass is 16.5. The molecule has 1 saturated heterocycles. The first-order valence-electron chi connectivity index (χ1n) is 5.34. The molecular weight excluding hydrogens is 206 g/mol. The minimum atomic E-state index is -0.0837. The predicted octanol–water partition coefficient (Wildman–Crippen LogP) is 0.101. The summed E-state index contributed by atoms with van der Waals surface area (Å²) in [6.07, 6.45) is 3.22. The molecule has 16 heavy (non-hydrogen) atoms. The smallest absolute Gasteiger partial charge is 0.253 e. The van der Waals surface area contributed by atoms with Crippen LogP contribution >= 0.6 is 0 Å². The van der Waals surface area contributed by atoms with Gasteiger partial charge in [0.15, 0.2) is 0 Å². The third-order valence-electron chi connectivity index (χ3n) is 2.49. The number of pyridine rings is 1. The first-order valence-corrected chi connectivity index (χ1v) is 5.34. The largest absolute Gasteiger partial charge is 0.379 e. The summed E-state index contributed by atoms with van der Waals surface area (Å²) in [5.74, 6) is -0.0837. The van der Waals surface area contributed by atoms with Crippen molar-refractivity contribution < 1.29 is 9.53 Å². The molecule has 86 valence electrons. The average molecular weight is 221 g/mol. The van der Waals surface area contributed by atoms with Crippen LogP contribution in [0.25, 0.3) is 0 Å². The Balaban J connectivity index is 1.79. The molecule has 5 nitrogen and oxygen atoms in total. The number of hydrogen-bond acceptors (Lipinski definition) is 4. The fourth-order valence-corrected chi connectivity index (χ4v) is 1.54. The Morgan fingerprint density at radius 1 is 1.50 bits per heavy atom. The second kappa shape index (κ2) is 5.58. The molecule has 0 bridgehead atoms. The van der Waals surface area contributed by atoms with Gasteiger partial charge in [-0.3, -0.25) is 14.7 Å². The number of amides is 1. The summed E-state index contributed by atoms with van der Waals surface area (Å²) in [4.78, 5) is 17.7. The fraction of sp³-hybridized carbons (Fsp3) is 0.455. The van der Waals surface area contributed by atoms with Gasteiger partial charge >= 0.3 is 0 Å². The van der Waals surface area contributed by atoms with Crippen molar-refractivity contribution in [2.75, 3.05) is 33.0 Å². The van der Waals surface area contributed by atoms with E-state index in [-0.39, 0.29) is 5.91 Å². The molecule has 0 saturated carbocycles. The van der Waals surface area contributed by atoms with Crippen LogP contribution in [0.2, 0.25) is 0 Å². The van der Waals surface area contributed by atoms with Crippen molar-refractivity contribution in [3.05, 3.63) is 30.1 Å². The Labute approximate surface area is 94.4 Å². The minimum Gasteiger partial charge on any atom is -0.379 e. The molecule has 0 radical (unpaired) electrons. The first-order chi connectivity index (χ1) is 7.86. The normalized spacial score (nSPS) is 17.0. The van der Waals surface area contributed by atoms with E-state index in [9.17, 15) is 4.79 Å². The summed E-state index contributed by atoms with van der Waals surface area (Å²) in [5.41, 5.74) is 0.593. The molecule has 1 aliphatic heterocycles. The number of morpholine rings is 1. The summed E-state index contributed by atoms with van der Waals surface area (Å²) in [6.45, 7) is 3.78. The summed E-state index contributed by atoms with van der Waals surface area (Å²) in [5, 5.41) is 2.86. The zero-order chi connectivity index (χ0) is 11.2. The predicted molar refractivity (Wildman–Crippen MR) is 59.0 cm³/mol. The second-order valence-corrected chi connectivity index (χ2v) is 3.64. The Kier molecular flexibility index (Phi) is 3.85. The molecule has 5 heteroatoms. The van der Waals surface area contributed by atoms with E-state index in [0.717, 1.165) is 26.3 Å². The lowest BCUT2D eigenvalue weighted by molar-refractivity contribution is 0.0334. The number of nitrogens with zero attached hydrogens (tertiary/aromatic N) is 2. The zero-order valence-electron chi connectivity index (χ0n) is 9.06. The third-order valence-corrected chi connectivity index (χ3v) is 2.49. The summed E-state index contributed by atoms with van der Waals surface area (Å²) < 4.78 is 5.23. The quantitative estimate of drug-likeness (QED) is 0.786. The van der Waals surface area contributed by atoms with Gasteiger partial charge < -0.3 is 10.1 Å². The van der Waals surface area contributed by atoms with Crippen LogP contribution in [-0.4, -0.2) is 48.8 Å². The lowest BCUT2D eigenvalue weighted by Crippen LogP contribution is -2.43. The van der Waals surface area contributed by atoms with Gasteiger partial charge in [-0.2, -0.15) is 0 Å². The molecule has 1 aromatic heterocycles. The van der Waals surface area contributed by atoms with Crippen molar-refractivity contribution in [1.29, 1.82) is 0 Å². The van der Waals surface area contributed by atoms with Crippen molar-refractivity contribution in [3.63, 3.8) is 0 Å². The lowest BCUT2D eigenvalue weighted by Gasteiger charge is -2.26. The van der Waals surface area contributed by atoms with E-state index in [0.29, 0.717) is 12.2 Å². The molecule has 0 atom stereocenters. The molecule has 1 aliphatic rings. The van der Waals surface area contributed by atoms with Gasteiger partial charge in [-0.15, -0.1) is 0 Å². The first kappa shape index (κ1) is 11.0. The van der Waals surface area contributed by atoms with E-state index in [1.54, 1.807) is 24.5 Å². The molecule has 1 amide bonds. The highest BCUT2D eigenvalue weighted by Gasteiger charge is 2.11. The fourth-order valence-electron chi connectivity index (χ4n) is 1.54. The molecule has 2 heterocycles. The molecule has 1 N–H and O–H groups in total. The van der Waals surface area contributed by atoms with E-state index in [1.807, 2.05) is 0 Å². The van der Waals surface area contributed by atoms with E-state index >= 15 is 0 Å². The number of carbonyl (C=O) groups excluding carboxylic acids is 1. The molecule has 0 spiro atoms. The summed E-state index contributed by atoms with van der Waals surface area (Å²) in [7, 11) is 0. The van der Waals surface area contributed by atoms with Gasteiger partial charge in [0.05, 0.1) is 25.4 Å². The van der Waals surface area contributed by atoms with E-state index in [4.69, 9.17) is 4.74 Å². The van der Waals surface area contributed by atoms with Crippen molar-refractivity contribution in [3.8, 4) is 0 Å². The maximum absolute atomic E-state index is 11.7. The van der Waals surface area contributed by atoms with Crippen LogP contribution in [0.5, 0.6) is 0 Å². The number of ether oxygens (including phenoxy) is 1. The van der Waals surface area contributed by atoms with Crippen LogP contribution in [0, 0.1) is 0 Å². The second-order valence-electron chi connectivity index (χ2n) is 3.64. The number of carbonyl (C=O) groups is 1. The Bertz CT molecular complexity index is 336. The van der Waals surface area contributed by atoms with Gasteiger partial charge in [0.1, 0.15) is 0 Å². The van der Waals surface area contributed by atoms with Crippen molar-refractivity contribution in [2.45, 2.75) is 0 Å². The number of rotatable bonds is 3. The molecule has 1 fully saturated rings. The topological polar surface area (TPSA) is 54.5 Å². The number of hydrogen-bond donors (Lipinski definition) is 1. The molecule has 1 aromatic rings. The maximum atomic E-state index is 11.7. The standard InChI is InChI=1S/C11H15N3O2/c15-11(10-2-1-3-12-8-10)13-9-14-4-6-16-7-5-14/h1-3,8H,4-7,9H2,(H,13,15). The van der Waals surface area contributed by atoms with E-state index in [2.05, 4.69) is 15.2 Å². The van der Waals surface area contributed by atoms with E-state index < -0.39 is 0 Å². The Morgan fingerprint density at radius 2 is 2.31 bits per heavy atom. The van der Waals surface area contributed by atoms with Crippen LogP contribution in [0.15, 0.2) is 24.5 Å². The van der Waals surface area contributed by atoms with Crippen LogP contribution in [0.1, 0.15) is 10.4 Å². The van der Waals surface area contributed by atoms with E-state index in [1.165, 1.54) is 0 Å². The number of aromatic nitrogens is 1. The van der Waals surface area contributed by atoms with Gasteiger partial charge in [-0.25, -0.2) is 0 Å². The van der Waals surface area contributed by atoms with Crippen molar-refractivity contribution in [1.82, 2.24) is 15.2 Å². The SMILES string of the molecule is O=C(NCN1CCOCC1)c1cccnc1. The Hall–Kier alpha value is -1.46. The van der Waals surface area contributed by atoms with Crippen molar-refractivity contribution >= 4 is 5.91 Å². The molecule has 0 aliphatic carbocycles. The zero-order valence-corrected chi connectivity index (χ0v) is 9.06. The van der Waals surface area contributed by atoms with Crippen molar-refractivity contribution in [2.24, 2.45) is 0 Å². The monoisotopic (exact) mass is 221 g/mol. The van der Waals surface area contributed by atoms with Gasteiger partial charge in [0.25, 0.3) is 5.91 Å². The van der Waals surface area contributed by atoms with Gasteiger partial charge in [0, 0.05) is 25.5 Å². The lowest BCUT2D eigenvalue weighted by atomic mass is 10.3.